The van der Waals surface area contributed by atoms with Gasteiger partial charge in [0.15, 0.2) is 0 Å². The maximum Gasteiger partial charge on any atom is 0.115 e. The van der Waals surface area contributed by atoms with Crippen LogP contribution in [0.1, 0.15) is 19.3 Å². The van der Waals surface area contributed by atoms with Gasteiger partial charge in [-0.1, -0.05) is 0 Å². The minimum Gasteiger partial charge on any atom is -0.375 e. The lowest BCUT2D eigenvalue weighted by atomic mass is 9.92. The second kappa shape index (κ2) is 1.96. The fraction of sp³-hybridized carbons (Fsp3) is 1.00. The monoisotopic (exact) mass is 128 g/mol. The number of rotatable bonds is 0. The van der Waals surface area contributed by atoms with Crippen molar-refractivity contribution in [2.24, 2.45) is 0 Å². The van der Waals surface area contributed by atoms with E-state index in [-0.39, 0.29) is 5.60 Å². The summed E-state index contributed by atoms with van der Waals surface area (Å²) in [6.45, 7) is 2.63. The van der Waals surface area contributed by atoms with Gasteiger partial charge in [-0.25, -0.2) is 0 Å². The maximum atomic E-state index is 5.58. The molecule has 2 saturated heterocycles. The van der Waals surface area contributed by atoms with Gasteiger partial charge in [0, 0.05) is 6.61 Å². The molecule has 9 heavy (non-hydrogen) atoms. The van der Waals surface area contributed by atoms with Gasteiger partial charge in [0.1, 0.15) is 5.60 Å². The van der Waals surface area contributed by atoms with Crippen molar-refractivity contribution in [1.29, 1.82) is 0 Å². The Kier molecular flexibility index (Phi) is 1.24. The summed E-state index contributed by atoms with van der Waals surface area (Å²) in [6, 6.07) is 0. The normalized spacial score (nSPS) is 32.0. The average Bonchev–Trinajstić information content (AvgIpc) is 1.87. The summed E-state index contributed by atoms with van der Waals surface area (Å²) in [5.74, 6) is 0. The molecule has 2 fully saturated rings. The van der Waals surface area contributed by atoms with E-state index in [1.54, 1.807) is 0 Å². The van der Waals surface area contributed by atoms with Crippen molar-refractivity contribution in [3.63, 3.8) is 0 Å². The van der Waals surface area contributed by atoms with E-state index in [1.165, 1.54) is 19.3 Å². The lowest BCUT2D eigenvalue weighted by Gasteiger charge is -2.43. The molecule has 0 amide bonds. The van der Waals surface area contributed by atoms with E-state index in [4.69, 9.17) is 9.47 Å². The van der Waals surface area contributed by atoms with Crippen molar-refractivity contribution in [2.75, 3.05) is 19.8 Å². The van der Waals surface area contributed by atoms with Gasteiger partial charge in [-0.05, 0) is 19.3 Å². The second-order valence-electron chi connectivity index (χ2n) is 2.98. The third-order valence-electron chi connectivity index (χ3n) is 2.17. The number of ether oxygens (including phenoxy) is 2. The fourth-order valence-electron chi connectivity index (χ4n) is 1.47. The van der Waals surface area contributed by atoms with Crippen molar-refractivity contribution >= 4 is 0 Å². The highest BCUT2D eigenvalue weighted by Crippen LogP contribution is 2.31. The third-order valence-corrected chi connectivity index (χ3v) is 2.17. The molecule has 2 rings (SSSR count). The smallest absolute Gasteiger partial charge is 0.115 e. The average molecular weight is 128 g/mol. The van der Waals surface area contributed by atoms with Crippen LogP contribution in [0.25, 0.3) is 0 Å². The van der Waals surface area contributed by atoms with Crippen LogP contribution >= 0.6 is 0 Å². The summed E-state index contributed by atoms with van der Waals surface area (Å²) in [6.07, 6.45) is 3.78. The quantitative estimate of drug-likeness (QED) is 0.483. The molecule has 2 aliphatic rings. The summed E-state index contributed by atoms with van der Waals surface area (Å²) in [5, 5.41) is 0. The van der Waals surface area contributed by atoms with Gasteiger partial charge < -0.3 is 9.47 Å². The van der Waals surface area contributed by atoms with Crippen LogP contribution in [-0.2, 0) is 9.47 Å². The van der Waals surface area contributed by atoms with Crippen LogP contribution in [0, 0.1) is 0 Å². The Balaban J connectivity index is 1.93. The summed E-state index contributed by atoms with van der Waals surface area (Å²) in [4.78, 5) is 0. The first kappa shape index (κ1) is 5.69. The van der Waals surface area contributed by atoms with Crippen LogP contribution in [0.15, 0.2) is 0 Å². The van der Waals surface area contributed by atoms with Crippen LogP contribution in [0.3, 0.4) is 0 Å². The zero-order valence-corrected chi connectivity index (χ0v) is 5.56. The van der Waals surface area contributed by atoms with Crippen LogP contribution in [-0.4, -0.2) is 25.4 Å². The third kappa shape index (κ3) is 0.864. The van der Waals surface area contributed by atoms with Crippen LogP contribution in [0.2, 0.25) is 0 Å². The highest BCUT2D eigenvalue weighted by molar-refractivity contribution is 4.89. The van der Waals surface area contributed by atoms with Crippen LogP contribution < -0.4 is 0 Å². The van der Waals surface area contributed by atoms with Crippen molar-refractivity contribution in [3.8, 4) is 0 Å². The Labute approximate surface area is 55.1 Å². The Bertz CT molecular complexity index is 99.5. The first-order valence-electron chi connectivity index (χ1n) is 3.63. The molecule has 0 aromatic rings. The van der Waals surface area contributed by atoms with Gasteiger partial charge in [0.2, 0.25) is 0 Å². The van der Waals surface area contributed by atoms with Gasteiger partial charge in [-0.2, -0.15) is 0 Å². The molecule has 0 aromatic carbocycles. The summed E-state index contributed by atoms with van der Waals surface area (Å²) in [7, 11) is 0. The molecule has 0 radical (unpaired) electrons. The molecule has 2 aliphatic heterocycles. The predicted octanol–water partition coefficient (Wildman–Crippen LogP) is 0.956. The molecule has 0 aliphatic carbocycles. The van der Waals surface area contributed by atoms with Crippen molar-refractivity contribution < 1.29 is 9.47 Å². The fourth-order valence-corrected chi connectivity index (χ4v) is 1.47. The molecule has 0 unspecified atom stereocenters. The number of hydrogen-bond acceptors (Lipinski definition) is 2. The van der Waals surface area contributed by atoms with E-state index in [9.17, 15) is 0 Å². The molecule has 0 saturated carbocycles. The summed E-state index contributed by atoms with van der Waals surface area (Å²) < 4.78 is 10.7. The lowest BCUT2D eigenvalue weighted by Crippen LogP contribution is -2.53. The molecule has 52 valence electrons. The maximum absolute atomic E-state index is 5.58. The van der Waals surface area contributed by atoms with Gasteiger partial charge in [0.25, 0.3) is 0 Å². The Morgan fingerprint density at radius 1 is 1.11 bits per heavy atom. The first-order chi connectivity index (χ1) is 4.41. The molecule has 2 heteroatoms. The Hall–Kier alpha value is -0.0800. The summed E-state index contributed by atoms with van der Waals surface area (Å²) >= 11 is 0. The van der Waals surface area contributed by atoms with E-state index in [0.717, 1.165) is 19.8 Å². The van der Waals surface area contributed by atoms with E-state index in [0.29, 0.717) is 0 Å². The van der Waals surface area contributed by atoms with Gasteiger partial charge in [-0.15, -0.1) is 0 Å². The highest BCUT2D eigenvalue weighted by Gasteiger charge is 2.40. The summed E-state index contributed by atoms with van der Waals surface area (Å²) in [5.41, 5.74) is 0.179. The van der Waals surface area contributed by atoms with Gasteiger partial charge in [0.05, 0.1) is 13.2 Å². The zero-order chi connectivity index (χ0) is 6.16. The first-order valence-corrected chi connectivity index (χ1v) is 3.63. The molecule has 1 spiro atoms. The molecule has 0 atom stereocenters. The lowest BCUT2D eigenvalue weighted by molar-refractivity contribution is -0.225. The predicted molar refractivity (Wildman–Crippen MR) is 33.4 cm³/mol. The topological polar surface area (TPSA) is 18.5 Å². The van der Waals surface area contributed by atoms with E-state index in [2.05, 4.69) is 0 Å². The largest absolute Gasteiger partial charge is 0.375 e. The van der Waals surface area contributed by atoms with Crippen LogP contribution in [0.4, 0.5) is 0 Å². The zero-order valence-electron chi connectivity index (χ0n) is 5.56. The molecule has 0 bridgehead atoms. The molecule has 2 nitrogen and oxygen atoms in total. The van der Waals surface area contributed by atoms with Crippen LogP contribution in [0.5, 0.6) is 0 Å². The Morgan fingerprint density at radius 2 is 2.00 bits per heavy atom. The minimum atomic E-state index is 0.179. The van der Waals surface area contributed by atoms with Crippen molar-refractivity contribution in [2.45, 2.75) is 24.9 Å². The molecule has 2 heterocycles. The highest BCUT2D eigenvalue weighted by atomic mass is 16.6. The second-order valence-corrected chi connectivity index (χ2v) is 2.98. The van der Waals surface area contributed by atoms with E-state index in [1.807, 2.05) is 0 Å². The number of hydrogen-bond donors (Lipinski definition) is 0. The van der Waals surface area contributed by atoms with Crippen molar-refractivity contribution in [3.05, 3.63) is 0 Å². The van der Waals surface area contributed by atoms with Gasteiger partial charge >= 0.3 is 0 Å². The molecular formula is C7H12O2. The molecule has 0 N–H and O–H groups in total. The standard InChI is InChI=1S/C7H12O2/c1-2-4-9-7(3-1)5-8-6-7/h1-6H2. The van der Waals surface area contributed by atoms with Crippen molar-refractivity contribution in [1.82, 2.24) is 0 Å². The van der Waals surface area contributed by atoms with Gasteiger partial charge in [-0.3, -0.25) is 0 Å². The Morgan fingerprint density at radius 3 is 2.33 bits per heavy atom. The SMILES string of the molecule is C1CCC2(COC2)OC1. The van der Waals surface area contributed by atoms with E-state index < -0.39 is 0 Å². The molecular weight excluding hydrogens is 116 g/mol. The van der Waals surface area contributed by atoms with E-state index >= 15 is 0 Å². The minimum absolute atomic E-state index is 0.179. The molecule has 0 aromatic heterocycles.